The van der Waals surface area contributed by atoms with Gasteiger partial charge in [0.25, 0.3) is 0 Å². The SMILES string of the molecule is COCCOc1cc2ncnc(Nc3ccc(NC(=O)OCC(Cl)(Cl)Cl)cc3)c2cc1OCCOC. The van der Waals surface area contributed by atoms with Gasteiger partial charge in [-0.15, -0.1) is 0 Å². The molecule has 0 saturated heterocycles. The number of halogens is 3. The molecule has 0 aliphatic carbocycles. The van der Waals surface area contributed by atoms with Crippen LogP contribution in [0.5, 0.6) is 11.5 Å². The Hall–Kier alpha value is -2.76. The molecular weight excluding hydrogens is 535 g/mol. The second-order valence-corrected chi connectivity index (χ2v) is 9.76. The van der Waals surface area contributed by atoms with Gasteiger partial charge in [0, 0.05) is 37.0 Å². The van der Waals surface area contributed by atoms with E-state index in [-0.39, 0.29) is 6.61 Å². The molecule has 0 fully saturated rings. The Morgan fingerprint density at radius 2 is 1.50 bits per heavy atom. The minimum absolute atomic E-state index is 0.345. The smallest absolute Gasteiger partial charge is 0.411 e. The number of aromatic nitrogens is 2. The number of fused-ring (bicyclic) bond motifs is 1. The molecule has 13 heteroatoms. The molecule has 194 valence electrons. The van der Waals surface area contributed by atoms with Crippen LogP contribution in [0.2, 0.25) is 0 Å². The number of ether oxygens (including phenoxy) is 5. The van der Waals surface area contributed by atoms with Crippen LogP contribution in [0.3, 0.4) is 0 Å². The molecule has 0 atom stereocenters. The van der Waals surface area contributed by atoms with Gasteiger partial charge in [-0.25, -0.2) is 14.8 Å². The van der Waals surface area contributed by atoms with Gasteiger partial charge in [0.15, 0.2) is 11.5 Å². The number of carbonyl (C=O) groups is 1. The Balaban J connectivity index is 1.76. The molecule has 0 unspecified atom stereocenters. The van der Waals surface area contributed by atoms with Gasteiger partial charge in [-0.3, -0.25) is 5.32 Å². The molecule has 1 amide bonds. The topological polar surface area (TPSA) is 113 Å². The van der Waals surface area contributed by atoms with Crippen molar-refractivity contribution in [1.82, 2.24) is 9.97 Å². The van der Waals surface area contributed by atoms with Crippen molar-refractivity contribution < 1.29 is 28.5 Å². The fraction of sp³-hybridized carbons (Fsp3) is 0.348. The summed E-state index contributed by atoms with van der Waals surface area (Å²) >= 11 is 16.7. The highest BCUT2D eigenvalue weighted by Crippen LogP contribution is 2.35. The zero-order valence-corrected chi connectivity index (χ0v) is 21.8. The zero-order chi connectivity index (χ0) is 26.0. The second kappa shape index (κ2) is 13.5. The van der Waals surface area contributed by atoms with E-state index in [1.54, 1.807) is 44.6 Å². The molecule has 0 aliphatic rings. The maximum absolute atomic E-state index is 11.8. The van der Waals surface area contributed by atoms with Crippen molar-refractivity contribution in [2.75, 3.05) is 57.9 Å². The number of hydrogen-bond donors (Lipinski definition) is 2. The number of benzene rings is 2. The van der Waals surface area contributed by atoms with Crippen molar-refractivity contribution in [2.24, 2.45) is 0 Å². The molecule has 1 aromatic heterocycles. The highest BCUT2D eigenvalue weighted by atomic mass is 35.6. The number of nitrogens with one attached hydrogen (secondary N) is 2. The highest BCUT2D eigenvalue weighted by molar-refractivity contribution is 6.67. The molecule has 3 rings (SSSR count). The van der Waals surface area contributed by atoms with Crippen LogP contribution in [0.15, 0.2) is 42.7 Å². The average molecular weight is 560 g/mol. The molecule has 10 nitrogen and oxygen atoms in total. The molecule has 2 aromatic carbocycles. The lowest BCUT2D eigenvalue weighted by Crippen LogP contribution is -2.21. The Kier molecular flexibility index (Phi) is 10.4. The molecule has 3 aromatic rings. The van der Waals surface area contributed by atoms with Crippen LogP contribution in [0.1, 0.15) is 0 Å². The van der Waals surface area contributed by atoms with Crippen LogP contribution in [0, 0.1) is 0 Å². The Labute approximate surface area is 223 Å². The molecule has 1 heterocycles. The lowest BCUT2D eigenvalue weighted by molar-refractivity contribution is 0.132. The van der Waals surface area contributed by atoms with E-state index in [9.17, 15) is 4.79 Å². The predicted molar refractivity (Wildman–Crippen MR) is 139 cm³/mol. The number of rotatable bonds is 12. The van der Waals surface area contributed by atoms with E-state index < -0.39 is 9.89 Å². The van der Waals surface area contributed by atoms with E-state index >= 15 is 0 Å². The number of amides is 1. The van der Waals surface area contributed by atoms with Crippen molar-refractivity contribution in [3.8, 4) is 11.5 Å². The van der Waals surface area contributed by atoms with Gasteiger partial charge in [0.2, 0.25) is 3.79 Å². The van der Waals surface area contributed by atoms with E-state index in [0.29, 0.717) is 54.9 Å². The number of nitrogens with zero attached hydrogens (tertiary/aromatic N) is 2. The monoisotopic (exact) mass is 558 g/mol. The maximum atomic E-state index is 11.8. The molecule has 0 spiro atoms. The summed E-state index contributed by atoms with van der Waals surface area (Å²) in [5, 5.41) is 6.53. The molecule has 0 radical (unpaired) electrons. The van der Waals surface area contributed by atoms with Gasteiger partial charge in [0.05, 0.1) is 18.7 Å². The van der Waals surface area contributed by atoms with Crippen molar-refractivity contribution in [2.45, 2.75) is 3.79 Å². The standard InChI is InChI=1S/C23H25Cl3N4O6/c1-32-7-9-34-19-11-17-18(12-20(19)35-10-8-33-2)27-14-28-21(17)29-15-3-5-16(6-4-15)30-22(31)36-13-23(24,25)26/h3-6,11-12,14H,7-10,13H2,1-2H3,(H,30,31)(H,27,28,29). The van der Waals surface area contributed by atoms with Crippen LogP contribution in [-0.4, -0.2) is 67.1 Å². The van der Waals surface area contributed by atoms with Crippen LogP contribution in [0.25, 0.3) is 10.9 Å². The van der Waals surface area contributed by atoms with Gasteiger partial charge in [-0.05, 0) is 30.3 Å². The summed E-state index contributed by atoms with van der Waals surface area (Å²) in [7, 11) is 3.20. The first-order valence-electron chi connectivity index (χ1n) is 10.7. The van der Waals surface area contributed by atoms with Gasteiger partial charge in [-0.1, -0.05) is 34.8 Å². The molecule has 0 saturated carbocycles. The van der Waals surface area contributed by atoms with E-state index in [0.717, 1.165) is 11.1 Å². The Morgan fingerprint density at radius 3 is 2.11 bits per heavy atom. The van der Waals surface area contributed by atoms with Crippen LogP contribution in [0.4, 0.5) is 22.0 Å². The molecule has 0 aliphatic heterocycles. The maximum Gasteiger partial charge on any atom is 0.411 e. The van der Waals surface area contributed by atoms with Gasteiger partial charge in [-0.2, -0.15) is 0 Å². The molecule has 0 bridgehead atoms. The van der Waals surface area contributed by atoms with Gasteiger partial charge in [0.1, 0.15) is 32.0 Å². The summed E-state index contributed by atoms with van der Waals surface area (Å²) < 4.78 is 25.0. The number of hydrogen-bond acceptors (Lipinski definition) is 9. The van der Waals surface area contributed by atoms with E-state index in [1.807, 2.05) is 6.07 Å². The summed E-state index contributed by atoms with van der Waals surface area (Å²) in [6, 6.07) is 10.5. The predicted octanol–water partition coefficient (Wildman–Crippen LogP) is 5.34. The van der Waals surface area contributed by atoms with Crippen molar-refractivity contribution >= 4 is 69.0 Å². The van der Waals surface area contributed by atoms with Crippen molar-refractivity contribution in [3.63, 3.8) is 0 Å². The third-order valence-electron chi connectivity index (χ3n) is 4.55. The largest absolute Gasteiger partial charge is 0.487 e. The number of anilines is 3. The minimum Gasteiger partial charge on any atom is -0.487 e. The zero-order valence-electron chi connectivity index (χ0n) is 19.6. The van der Waals surface area contributed by atoms with Gasteiger partial charge < -0.3 is 29.0 Å². The highest BCUT2D eigenvalue weighted by Gasteiger charge is 2.22. The fourth-order valence-corrected chi connectivity index (χ4v) is 3.10. The first-order chi connectivity index (χ1) is 17.3. The minimum atomic E-state index is -1.68. The average Bonchev–Trinajstić information content (AvgIpc) is 2.84. The number of alkyl halides is 3. The summed E-state index contributed by atoms with van der Waals surface area (Å²) in [6.07, 6.45) is 0.708. The molecule has 2 N–H and O–H groups in total. The van der Waals surface area contributed by atoms with Crippen molar-refractivity contribution in [1.29, 1.82) is 0 Å². The Morgan fingerprint density at radius 1 is 0.889 bits per heavy atom. The van der Waals surface area contributed by atoms with Crippen LogP contribution < -0.4 is 20.1 Å². The fourth-order valence-electron chi connectivity index (χ4n) is 2.93. The lowest BCUT2D eigenvalue weighted by atomic mass is 10.2. The van der Waals surface area contributed by atoms with Crippen LogP contribution >= 0.6 is 34.8 Å². The first kappa shape index (κ1) is 27.8. The van der Waals surface area contributed by atoms with Gasteiger partial charge >= 0.3 is 6.09 Å². The summed E-state index contributed by atoms with van der Waals surface area (Å²) in [5.41, 5.74) is 1.88. The van der Waals surface area contributed by atoms with E-state index in [2.05, 4.69) is 20.6 Å². The lowest BCUT2D eigenvalue weighted by Gasteiger charge is -2.15. The molecule has 36 heavy (non-hydrogen) atoms. The van der Waals surface area contributed by atoms with Crippen LogP contribution in [-0.2, 0) is 14.2 Å². The van der Waals surface area contributed by atoms with E-state index in [4.69, 9.17) is 58.5 Å². The summed E-state index contributed by atoms with van der Waals surface area (Å²) in [4.78, 5) is 20.6. The number of carbonyl (C=O) groups excluding carboxylic acids is 1. The third-order valence-corrected chi connectivity index (χ3v) is 4.88. The van der Waals surface area contributed by atoms with Crippen molar-refractivity contribution in [3.05, 3.63) is 42.7 Å². The second-order valence-electron chi connectivity index (χ2n) is 7.24. The van der Waals surface area contributed by atoms with E-state index in [1.165, 1.54) is 6.33 Å². The Bertz CT molecular complexity index is 1150. The number of methoxy groups -OCH3 is 2. The molecular formula is C23H25Cl3N4O6. The summed E-state index contributed by atoms with van der Waals surface area (Å²) in [5.74, 6) is 1.63. The normalized spacial score (nSPS) is 11.2. The third kappa shape index (κ3) is 8.72. The summed E-state index contributed by atoms with van der Waals surface area (Å²) in [6.45, 7) is 1.18. The first-order valence-corrected chi connectivity index (χ1v) is 11.8. The quantitative estimate of drug-likeness (QED) is 0.224.